The van der Waals surface area contributed by atoms with Gasteiger partial charge in [0, 0.05) is 13.0 Å². The lowest BCUT2D eigenvalue weighted by atomic mass is 10.0. The van der Waals surface area contributed by atoms with E-state index in [0.29, 0.717) is 12.3 Å². The van der Waals surface area contributed by atoms with Gasteiger partial charge in [-0.2, -0.15) is 13.2 Å². The summed E-state index contributed by atoms with van der Waals surface area (Å²) >= 11 is 0. The van der Waals surface area contributed by atoms with Crippen molar-refractivity contribution in [1.29, 1.82) is 0 Å². The Kier molecular flexibility index (Phi) is 8.70. The zero-order valence-corrected chi connectivity index (χ0v) is 15.8. The molecule has 4 nitrogen and oxygen atoms in total. The second-order valence-corrected chi connectivity index (χ2v) is 6.66. The highest BCUT2D eigenvalue weighted by atomic mass is 35.5. The summed E-state index contributed by atoms with van der Waals surface area (Å²) in [5.74, 6) is 0.428. The van der Waals surface area contributed by atoms with Crippen LogP contribution in [0.15, 0.2) is 18.2 Å². The predicted molar refractivity (Wildman–Crippen MR) is 96.5 cm³/mol. The van der Waals surface area contributed by atoms with E-state index in [1.54, 1.807) is 13.8 Å². The van der Waals surface area contributed by atoms with Gasteiger partial charge in [-0.15, -0.1) is 12.4 Å². The second kappa shape index (κ2) is 10.0. The summed E-state index contributed by atoms with van der Waals surface area (Å²) < 4.78 is 45.1. The molecule has 0 radical (unpaired) electrons. The number of alkyl halides is 3. The number of carbonyl (C=O) groups excluding carboxylic acids is 1. The zero-order valence-electron chi connectivity index (χ0n) is 15.0. The Balaban J connectivity index is 0.00000338. The van der Waals surface area contributed by atoms with E-state index < -0.39 is 11.7 Å². The molecule has 0 saturated carbocycles. The van der Waals surface area contributed by atoms with Crippen molar-refractivity contribution in [3.8, 4) is 5.75 Å². The van der Waals surface area contributed by atoms with Crippen LogP contribution in [0.3, 0.4) is 0 Å². The molecule has 1 aromatic rings. The van der Waals surface area contributed by atoms with Crippen molar-refractivity contribution in [2.75, 3.05) is 13.1 Å². The van der Waals surface area contributed by atoms with Crippen LogP contribution in [0.2, 0.25) is 0 Å². The van der Waals surface area contributed by atoms with Crippen molar-refractivity contribution < 1.29 is 22.7 Å². The maximum absolute atomic E-state index is 13.3. The highest BCUT2D eigenvalue weighted by Crippen LogP contribution is 2.34. The Morgan fingerprint density at radius 2 is 2.12 bits per heavy atom. The molecule has 1 saturated heterocycles. The smallest absolute Gasteiger partial charge is 0.416 e. The van der Waals surface area contributed by atoms with E-state index in [9.17, 15) is 18.0 Å². The number of nitrogens with one attached hydrogen (secondary N) is 2. The fourth-order valence-electron chi connectivity index (χ4n) is 2.90. The molecule has 1 atom stereocenters. The van der Waals surface area contributed by atoms with Crippen LogP contribution in [-0.4, -0.2) is 25.1 Å². The summed E-state index contributed by atoms with van der Waals surface area (Å²) in [6.07, 6.45) is -2.57. The number of carbonyl (C=O) groups is 1. The molecule has 1 aliphatic rings. The first kappa shape index (κ1) is 22.6. The number of hydrogen-bond acceptors (Lipinski definition) is 3. The summed E-state index contributed by atoms with van der Waals surface area (Å²) in [5, 5.41) is 5.82. The molecule has 0 spiro atoms. The normalized spacial score (nSPS) is 17.1. The molecule has 1 fully saturated rings. The van der Waals surface area contributed by atoms with Crippen LogP contribution in [-0.2, 0) is 17.5 Å². The SMILES string of the molecule is CC(C)Oc1ccc(CNC(=O)CCC2CCNC2)c(C(F)(F)F)c1.Cl. The van der Waals surface area contributed by atoms with Crippen molar-refractivity contribution in [1.82, 2.24) is 10.6 Å². The first-order chi connectivity index (χ1) is 11.8. The number of halogens is 4. The van der Waals surface area contributed by atoms with Crippen molar-refractivity contribution in [3.63, 3.8) is 0 Å². The lowest BCUT2D eigenvalue weighted by molar-refractivity contribution is -0.138. The summed E-state index contributed by atoms with van der Waals surface area (Å²) in [4.78, 5) is 11.9. The van der Waals surface area contributed by atoms with E-state index in [-0.39, 0.29) is 42.3 Å². The largest absolute Gasteiger partial charge is 0.491 e. The van der Waals surface area contributed by atoms with Gasteiger partial charge in [0.2, 0.25) is 5.91 Å². The van der Waals surface area contributed by atoms with Gasteiger partial charge in [-0.1, -0.05) is 6.07 Å². The number of amides is 1. The Bertz CT molecular complexity index is 588. The predicted octanol–water partition coefficient (Wildman–Crippen LogP) is 3.92. The summed E-state index contributed by atoms with van der Waals surface area (Å²) in [6.45, 7) is 5.23. The Morgan fingerprint density at radius 3 is 2.69 bits per heavy atom. The number of rotatable bonds is 7. The quantitative estimate of drug-likeness (QED) is 0.737. The third kappa shape index (κ3) is 7.03. The van der Waals surface area contributed by atoms with Crippen LogP contribution in [0, 0.1) is 5.92 Å². The van der Waals surface area contributed by atoms with Gasteiger partial charge in [0.1, 0.15) is 5.75 Å². The molecule has 26 heavy (non-hydrogen) atoms. The van der Waals surface area contributed by atoms with Crippen molar-refractivity contribution in [2.24, 2.45) is 5.92 Å². The minimum Gasteiger partial charge on any atom is -0.491 e. The molecule has 148 valence electrons. The zero-order chi connectivity index (χ0) is 18.4. The molecule has 0 bridgehead atoms. The molecule has 2 rings (SSSR count). The van der Waals surface area contributed by atoms with Crippen LogP contribution < -0.4 is 15.4 Å². The van der Waals surface area contributed by atoms with Gasteiger partial charge >= 0.3 is 6.18 Å². The number of hydrogen-bond donors (Lipinski definition) is 2. The van der Waals surface area contributed by atoms with Crippen LogP contribution in [0.1, 0.15) is 44.2 Å². The van der Waals surface area contributed by atoms with E-state index >= 15 is 0 Å². The average Bonchev–Trinajstić information content (AvgIpc) is 3.03. The van der Waals surface area contributed by atoms with E-state index in [0.717, 1.165) is 32.0 Å². The van der Waals surface area contributed by atoms with Crippen molar-refractivity contribution in [2.45, 2.75) is 51.9 Å². The van der Waals surface area contributed by atoms with Gasteiger partial charge in [0.05, 0.1) is 11.7 Å². The van der Waals surface area contributed by atoms with Gasteiger partial charge in [0.25, 0.3) is 0 Å². The summed E-state index contributed by atoms with van der Waals surface area (Å²) in [5.41, 5.74) is -0.731. The van der Waals surface area contributed by atoms with Gasteiger partial charge in [-0.3, -0.25) is 4.79 Å². The van der Waals surface area contributed by atoms with Crippen molar-refractivity contribution >= 4 is 18.3 Å². The molecular formula is C18H26ClF3N2O2. The Hall–Kier alpha value is -1.47. The van der Waals surface area contributed by atoms with Gasteiger partial charge in [-0.25, -0.2) is 0 Å². The summed E-state index contributed by atoms with van der Waals surface area (Å²) in [6, 6.07) is 3.86. The standard InChI is InChI=1S/C18H25F3N2O2.ClH/c1-12(2)25-15-5-4-14(16(9-15)18(19,20)21)11-23-17(24)6-3-13-7-8-22-10-13;/h4-5,9,12-13,22H,3,6-8,10-11H2,1-2H3,(H,23,24);1H. The fourth-order valence-corrected chi connectivity index (χ4v) is 2.90. The van der Waals surface area contributed by atoms with Gasteiger partial charge < -0.3 is 15.4 Å². The topological polar surface area (TPSA) is 50.4 Å². The Labute approximate surface area is 158 Å². The molecule has 1 aromatic carbocycles. The number of ether oxygens (including phenoxy) is 1. The number of benzene rings is 1. The highest BCUT2D eigenvalue weighted by Gasteiger charge is 2.34. The maximum atomic E-state index is 13.3. The maximum Gasteiger partial charge on any atom is 0.416 e. The molecule has 8 heteroatoms. The van der Waals surface area contributed by atoms with Crippen LogP contribution in [0.5, 0.6) is 5.75 Å². The van der Waals surface area contributed by atoms with E-state index in [1.807, 2.05) is 0 Å². The third-order valence-electron chi connectivity index (χ3n) is 4.18. The third-order valence-corrected chi connectivity index (χ3v) is 4.18. The molecule has 1 unspecified atom stereocenters. The minimum atomic E-state index is -4.49. The van der Waals surface area contributed by atoms with Gasteiger partial charge in [0.15, 0.2) is 0 Å². The molecule has 1 aliphatic heterocycles. The van der Waals surface area contributed by atoms with Gasteiger partial charge in [-0.05, 0) is 63.4 Å². The van der Waals surface area contributed by atoms with Crippen LogP contribution in [0.25, 0.3) is 0 Å². The monoisotopic (exact) mass is 394 g/mol. The lowest BCUT2D eigenvalue weighted by Crippen LogP contribution is -2.25. The van der Waals surface area contributed by atoms with Crippen LogP contribution >= 0.6 is 12.4 Å². The molecular weight excluding hydrogens is 369 g/mol. The molecule has 0 aromatic heterocycles. The first-order valence-corrected chi connectivity index (χ1v) is 8.60. The van der Waals surface area contributed by atoms with E-state index in [1.165, 1.54) is 12.1 Å². The van der Waals surface area contributed by atoms with E-state index in [2.05, 4.69) is 10.6 Å². The molecule has 1 heterocycles. The summed E-state index contributed by atoms with van der Waals surface area (Å²) in [7, 11) is 0. The average molecular weight is 395 g/mol. The molecule has 0 aliphatic carbocycles. The fraction of sp³-hybridized carbons (Fsp3) is 0.611. The first-order valence-electron chi connectivity index (χ1n) is 8.60. The lowest BCUT2D eigenvalue weighted by Gasteiger charge is -2.17. The Morgan fingerprint density at radius 1 is 1.38 bits per heavy atom. The second-order valence-electron chi connectivity index (χ2n) is 6.66. The molecule has 1 amide bonds. The molecule has 2 N–H and O–H groups in total. The van der Waals surface area contributed by atoms with Crippen molar-refractivity contribution in [3.05, 3.63) is 29.3 Å². The van der Waals surface area contributed by atoms with Crippen LogP contribution in [0.4, 0.5) is 13.2 Å². The highest BCUT2D eigenvalue weighted by molar-refractivity contribution is 5.85. The van der Waals surface area contributed by atoms with E-state index in [4.69, 9.17) is 4.74 Å². The minimum absolute atomic E-state index is 0.